The first-order valence-corrected chi connectivity index (χ1v) is 8.86. The fourth-order valence-corrected chi connectivity index (χ4v) is 2.51. The Morgan fingerprint density at radius 3 is 2.57 bits per heavy atom. The summed E-state index contributed by atoms with van der Waals surface area (Å²) < 4.78 is 45.0. The number of methoxy groups -OCH3 is 1. The zero-order valence-corrected chi connectivity index (χ0v) is 16.1. The third kappa shape index (κ3) is 5.40. The number of carbonyl (C=O) groups is 1. The number of hydrogen-bond acceptors (Lipinski definition) is 7. The van der Waals surface area contributed by atoms with Crippen LogP contribution in [0.5, 0.6) is 11.5 Å². The monoisotopic (exact) mass is 416 g/mol. The maximum atomic E-state index is 12.4. The molecule has 7 nitrogen and oxygen atoms in total. The van der Waals surface area contributed by atoms with Crippen LogP contribution in [-0.4, -0.2) is 29.9 Å². The lowest BCUT2D eigenvalue weighted by Crippen LogP contribution is -2.06. The van der Waals surface area contributed by atoms with Gasteiger partial charge in [-0.15, -0.1) is 10.2 Å². The van der Waals surface area contributed by atoms with E-state index in [4.69, 9.17) is 13.9 Å². The van der Waals surface area contributed by atoms with E-state index in [2.05, 4.69) is 14.9 Å². The van der Waals surface area contributed by atoms with Crippen LogP contribution < -0.4 is 9.47 Å². The second-order valence-corrected chi connectivity index (χ2v) is 6.01. The maximum absolute atomic E-state index is 12.4. The van der Waals surface area contributed by atoms with Gasteiger partial charge >= 0.3 is 12.6 Å². The molecule has 1 aromatic heterocycles. The minimum Gasteiger partial charge on any atom is -0.493 e. The molecule has 1 heterocycles. The van der Waals surface area contributed by atoms with Crippen LogP contribution >= 0.6 is 0 Å². The Bertz CT molecular complexity index is 1020. The van der Waals surface area contributed by atoms with Crippen molar-refractivity contribution in [1.82, 2.24) is 10.2 Å². The number of nitrogens with zero attached hydrogens (tertiary/aromatic N) is 2. The number of carbonyl (C=O) groups excluding carboxylic acids is 1. The number of ether oxygens (including phenoxy) is 3. The molecule has 2 aromatic carbocycles. The van der Waals surface area contributed by atoms with Crippen LogP contribution in [0.25, 0.3) is 17.5 Å². The minimum atomic E-state index is -2.97. The molecule has 0 fully saturated rings. The van der Waals surface area contributed by atoms with Crippen molar-refractivity contribution in [3.05, 3.63) is 66.1 Å². The summed E-state index contributed by atoms with van der Waals surface area (Å²) in [5.41, 5.74) is 1.28. The van der Waals surface area contributed by atoms with Gasteiger partial charge in [0.15, 0.2) is 17.6 Å². The number of rotatable bonds is 8. The Balaban J connectivity index is 1.62. The molecule has 9 heteroatoms. The van der Waals surface area contributed by atoms with Crippen LogP contribution in [0.15, 0.2) is 59.0 Å². The molecule has 30 heavy (non-hydrogen) atoms. The van der Waals surface area contributed by atoms with Crippen molar-refractivity contribution in [2.45, 2.75) is 19.6 Å². The summed E-state index contributed by atoms with van der Waals surface area (Å²) >= 11 is 0. The average Bonchev–Trinajstić information content (AvgIpc) is 3.24. The summed E-state index contributed by atoms with van der Waals surface area (Å²) in [7, 11) is 1.32. The standard InChI is InChI=1S/C21H18F2N2O5/c1-13(19-24-25-20(30-19)15-6-4-3-5-7-15)28-18(26)11-9-14-8-10-16(29-21(22)23)17(12-14)27-2/h3-13,21H,1-2H3/b11-9+/t13-/m0/s1. The van der Waals surface area contributed by atoms with Gasteiger partial charge < -0.3 is 18.6 Å². The zero-order chi connectivity index (χ0) is 21.5. The van der Waals surface area contributed by atoms with Crippen molar-refractivity contribution in [1.29, 1.82) is 0 Å². The van der Waals surface area contributed by atoms with Crippen molar-refractivity contribution in [2.24, 2.45) is 0 Å². The summed E-state index contributed by atoms with van der Waals surface area (Å²) in [6.45, 7) is -1.36. The summed E-state index contributed by atoms with van der Waals surface area (Å²) in [4.78, 5) is 12.1. The lowest BCUT2D eigenvalue weighted by atomic mass is 10.2. The van der Waals surface area contributed by atoms with Gasteiger partial charge in [0.25, 0.3) is 5.89 Å². The van der Waals surface area contributed by atoms with E-state index in [1.54, 1.807) is 6.92 Å². The molecule has 156 valence electrons. The number of alkyl halides is 2. The van der Waals surface area contributed by atoms with E-state index in [1.165, 1.54) is 37.5 Å². The molecule has 0 amide bonds. The van der Waals surface area contributed by atoms with E-state index < -0.39 is 18.7 Å². The van der Waals surface area contributed by atoms with Crippen LogP contribution in [-0.2, 0) is 9.53 Å². The summed E-state index contributed by atoms with van der Waals surface area (Å²) in [5, 5.41) is 7.86. The van der Waals surface area contributed by atoms with E-state index >= 15 is 0 Å². The molecule has 0 aliphatic heterocycles. The predicted molar refractivity (Wildman–Crippen MR) is 103 cm³/mol. The quantitative estimate of drug-likeness (QED) is 0.390. The molecule has 0 N–H and O–H groups in total. The normalized spacial score (nSPS) is 12.2. The highest BCUT2D eigenvalue weighted by Gasteiger charge is 2.18. The van der Waals surface area contributed by atoms with Crippen LogP contribution in [0.3, 0.4) is 0 Å². The summed E-state index contributed by atoms with van der Waals surface area (Å²) in [5.74, 6) is -0.160. The van der Waals surface area contributed by atoms with Crippen molar-refractivity contribution >= 4 is 12.0 Å². The largest absolute Gasteiger partial charge is 0.493 e. The topological polar surface area (TPSA) is 83.7 Å². The fraction of sp³-hybridized carbons (Fsp3) is 0.190. The van der Waals surface area contributed by atoms with Gasteiger partial charge in [-0.05, 0) is 42.8 Å². The van der Waals surface area contributed by atoms with E-state index in [-0.39, 0.29) is 17.4 Å². The van der Waals surface area contributed by atoms with Gasteiger partial charge in [-0.2, -0.15) is 8.78 Å². The van der Waals surface area contributed by atoms with Crippen LogP contribution in [0.4, 0.5) is 8.78 Å². The molecular formula is C21H18F2N2O5. The highest BCUT2D eigenvalue weighted by molar-refractivity contribution is 5.87. The van der Waals surface area contributed by atoms with Crippen molar-refractivity contribution < 1.29 is 32.2 Å². The Hall–Kier alpha value is -3.75. The van der Waals surface area contributed by atoms with Gasteiger partial charge in [-0.25, -0.2) is 4.79 Å². The van der Waals surface area contributed by atoms with Crippen molar-refractivity contribution in [3.63, 3.8) is 0 Å². The molecule has 0 saturated heterocycles. The molecule has 3 aromatic rings. The number of aromatic nitrogens is 2. The molecule has 3 rings (SSSR count). The molecule has 0 bridgehead atoms. The number of halogens is 2. The molecule has 0 aliphatic rings. The first-order chi connectivity index (χ1) is 14.5. The zero-order valence-electron chi connectivity index (χ0n) is 16.1. The molecule has 0 spiro atoms. The third-order valence-electron chi connectivity index (χ3n) is 3.92. The first-order valence-electron chi connectivity index (χ1n) is 8.86. The lowest BCUT2D eigenvalue weighted by Gasteiger charge is -2.10. The highest BCUT2D eigenvalue weighted by atomic mass is 19.3. The third-order valence-corrected chi connectivity index (χ3v) is 3.92. The minimum absolute atomic E-state index is 0.105. The number of esters is 1. The van der Waals surface area contributed by atoms with Crippen molar-refractivity contribution in [2.75, 3.05) is 7.11 Å². The smallest absolute Gasteiger partial charge is 0.387 e. The van der Waals surface area contributed by atoms with E-state index in [1.807, 2.05) is 30.3 Å². The molecule has 0 unspecified atom stereocenters. The lowest BCUT2D eigenvalue weighted by molar-refractivity contribution is -0.143. The molecule has 0 aliphatic carbocycles. The van der Waals surface area contributed by atoms with E-state index in [9.17, 15) is 13.6 Å². The molecular weight excluding hydrogens is 398 g/mol. The van der Waals surface area contributed by atoms with Gasteiger partial charge in [0, 0.05) is 11.6 Å². The average molecular weight is 416 g/mol. The summed E-state index contributed by atoms with van der Waals surface area (Å²) in [6, 6.07) is 13.5. The molecule has 0 radical (unpaired) electrons. The van der Waals surface area contributed by atoms with Gasteiger partial charge in [0.05, 0.1) is 7.11 Å². The van der Waals surface area contributed by atoms with E-state index in [0.717, 1.165) is 5.56 Å². The first kappa shape index (κ1) is 21.0. The van der Waals surface area contributed by atoms with Crippen LogP contribution in [0.2, 0.25) is 0 Å². The van der Waals surface area contributed by atoms with Gasteiger partial charge in [0.2, 0.25) is 5.89 Å². The van der Waals surface area contributed by atoms with E-state index in [0.29, 0.717) is 11.5 Å². The predicted octanol–water partition coefficient (Wildman–Crippen LogP) is 4.66. The highest BCUT2D eigenvalue weighted by Crippen LogP contribution is 2.30. The van der Waals surface area contributed by atoms with Crippen molar-refractivity contribution in [3.8, 4) is 23.0 Å². The SMILES string of the molecule is COc1cc(/C=C/C(=O)O[C@@H](C)c2nnc(-c3ccccc3)o2)ccc1OC(F)F. The maximum Gasteiger partial charge on any atom is 0.387 e. The molecule has 1 atom stereocenters. The van der Waals surface area contributed by atoms with Crippen LogP contribution in [0.1, 0.15) is 24.5 Å². The second kappa shape index (κ2) is 9.64. The molecule has 0 saturated carbocycles. The van der Waals surface area contributed by atoms with Gasteiger partial charge in [-0.1, -0.05) is 24.3 Å². The Kier molecular flexibility index (Phi) is 6.74. The van der Waals surface area contributed by atoms with Crippen LogP contribution in [0, 0.1) is 0 Å². The fourth-order valence-electron chi connectivity index (χ4n) is 2.51. The summed E-state index contributed by atoms with van der Waals surface area (Å²) in [6.07, 6.45) is 1.88. The Morgan fingerprint density at radius 1 is 1.10 bits per heavy atom. The van der Waals surface area contributed by atoms with Gasteiger partial charge in [-0.3, -0.25) is 0 Å². The van der Waals surface area contributed by atoms with Gasteiger partial charge in [0.1, 0.15) is 0 Å². The Labute approximate surface area is 170 Å². The second-order valence-electron chi connectivity index (χ2n) is 6.01. The number of benzene rings is 2. The Morgan fingerprint density at radius 2 is 1.87 bits per heavy atom. The number of hydrogen-bond donors (Lipinski definition) is 0.